The molecule has 0 saturated heterocycles. The van der Waals surface area contributed by atoms with Gasteiger partial charge >= 0.3 is 0 Å². The number of halogens is 1. The lowest BCUT2D eigenvalue weighted by molar-refractivity contribution is -0.479. The van der Waals surface area contributed by atoms with Crippen molar-refractivity contribution in [2.45, 2.75) is 37.8 Å². The van der Waals surface area contributed by atoms with E-state index in [4.69, 9.17) is 9.47 Å². The van der Waals surface area contributed by atoms with Gasteiger partial charge in [-0.05, 0) is 79.4 Å². The minimum atomic E-state index is -0.515. The molecule has 1 aromatic heterocycles. The van der Waals surface area contributed by atoms with Crippen LogP contribution in [0.4, 0.5) is 0 Å². The number of thioether (sulfide) groups is 1. The molecule has 4 rings (SSSR count). The van der Waals surface area contributed by atoms with E-state index in [1.54, 1.807) is 19.2 Å². The Morgan fingerprint density at radius 3 is 2.43 bits per heavy atom. The van der Waals surface area contributed by atoms with Crippen molar-refractivity contribution in [1.29, 1.82) is 0 Å². The average molecular weight is 584 g/mol. The van der Waals surface area contributed by atoms with Crippen molar-refractivity contribution in [3.05, 3.63) is 103 Å². The minimum absolute atomic E-state index is 0.286. The maximum atomic E-state index is 11.6. The maximum Gasteiger partial charge on any atom is 0.220 e. The lowest BCUT2D eigenvalue weighted by Crippen LogP contribution is -2.11. The van der Waals surface area contributed by atoms with Gasteiger partial charge in [0.15, 0.2) is 16.7 Å². The molecule has 0 bridgehead atoms. The van der Waals surface area contributed by atoms with Crippen LogP contribution in [0.3, 0.4) is 0 Å². The van der Waals surface area contributed by atoms with Gasteiger partial charge in [-0.15, -0.1) is 10.2 Å². The van der Waals surface area contributed by atoms with Crippen LogP contribution in [0.25, 0.3) is 5.69 Å². The molecule has 0 aliphatic heterocycles. The molecule has 8 nitrogen and oxygen atoms in total. The number of aryl methyl sites for hydroxylation is 3. The summed E-state index contributed by atoms with van der Waals surface area (Å²) in [6.07, 6.45) is 0. The van der Waals surface area contributed by atoms with Gasteiger partial charge in [0.25, 0.3) is 0 Å². The maximum absolute atomic E-state index is 11.6. The first-order chi connectivity index (χ1) is 17.7. The Bertz CT molecular complexity index is 1410. The number of ether oxygens (including phenoxy) is 2. The van der Waals surface area contributed by atoms with Gasteiger partial charge in [-0.3, -0.25) is 14.7 Å². The van der Waals surface area contributed by atoms with Gasteiger partial charge in [0.1, 0.15) is 17.7 Å². The second kappa shape index (κ2) is 11.8. The molecule has 3 aromatic carbocycles. The zero-order valence-electron chi connectivity index (χ0n) is 21.0. The number of hydrogen-bond acceptors (Lipinski definition) is 7. The summed E-state index contributed by atoms with van der Waals surface area (Å²) in [5.41, 5.74) is 5.00. The highest BCUT2D eigenvalue weighted by Gasteiger charge is 2.25. The van der Waals surface area contributed by atoms with Gasteiger partial charge < -0.3 is 9.47 Å². The molecular formula is C27H27BrN4O4S. The van der Waals surface area contributed by atoms with E-state index in [0.29, 0.717) is 29.1 Å². The molecule has 0 amide bonds. The summed E-state index contributed by atoms with van der Waals surface area (Å²) < 4.78 is 14.5. The third-order valence-corrected chi connectivity index (χ3v) is 7.68. The molecule has 0 unspecified atom stereocenters. The second-order valence-electron chi connectivity index (χ2n) is 8.58. The van der Waals surface area contributed by atoms with E-state index >= 15 is 0 Å². The molecule has 0 N–H and O–H groups in total. The minimum Gasteiger partial charge on any atom is -0.493 e. The summed E-state index contributed by atoms with van der Waals surface area (Å²) in [6.45, 7) is 6.06. The van der Waals surface area contributed by atoms with Crippen molar-refractivity contribution in [2.24, 2.45) is 0 Å². The molecule has 0 fully saturated rings. The van der Waals surface area contributed by atoms with Crippen molar-refractivity contribution >= 4 is 27.7 Å². The van der Waals surface area contributed by atoms with Gasteiger partial charge in [0.05, 0.1) is 7.11 Å². The molecule has 0 radical (unpaired) electrons. The molecular weight excluding hydrogens is 556 g/mol. The lowest BCUT2D eigenvalue weighted by Gasteiger charge is -2.17. The average Bonchev–Trinajstić information content (AvgIpc) is 3.24. The van der Waals surface area contributed by atoms with Crippen molar-refractivity contribution in [1.82, 2.24) is 14.8 Å². The fourth-order valence-electron chi connectivity index (χ4n) is 3.80. The van der Waals surface area contributed by atoms with E-state index in [9.17, 15) is 10.1 Å². The molecule has 192 valence electrons. The van der Waals surface area contributed by atoms with Crippen LogP contribution in [-0.4, -0.2) is 33.3 Å². The van der Waals surface area contributed by atoms with Crippen LogP contribution >= 0.6 is 27.7 Å². The highest BCUT2D eigenvalue weighted by molar-refractivity contribution is 9.10. The molecule has 0 saturated carbocycles. The first-order valence-corrected chi connectivity index (χ1v) is 13.3. The summed E-state index contributed by atoms with van der Waals surface area (Å²) >= 11 is 4.74. The van der Waals surface area contributed by atoms with Crippen molar-refractivity contribution < 1.29 is 14.4 Å². The number of benzene rings is 3. The monoisotopic (exact) mass is 582 g/mol. The second-order valence-corrected chi connectivity index (χ2v) is 10.7. The van der Waals surface area contributed by atoms with Gasteiger partial charge in [0, 0.05) is 15.1 Å². The van der Waals surface area contributed by atoms with E-state index in [2.05, 4.69) is 39.1 Å². The molecule has 0 aliphatic carbocycles. The van der Waals surface area contributed by atoms with Crippen LogP contribution in [0.1, 0.15) is 33.3 Å². The summed E-state index contributed by atoms with van der Waals surface area (Å²) in [6, 6.07) is 19.4. The topological polar surface area (TPSA) is 92.3 Å². The number of nitro groups is 1. The molecule has 10 heteroatoms. The molecule has 1 heterocycles. The molecule has 0 aliphatic rings. The summed E-state index contributed by atoms with van der Waals surface area (Å²) in [4.78, 5) is 11.3. The van der Waals surface area contributed by atoms with Crippen LogP contribution in [0.2, 0.25) is 0 Å². The zero-order valence-corrected chi connectivity index (χ0v) is 23.4. The fraction of sp³-hybridized carbons (Fsp3) is 0.259. The predicted molar refractivity (Wildman–Crippen MR) is 147 cm³/mol. The van der Waals surface area contributed by atoms with Gasteiger partial charge in [-0.2, -0.15) is 0 Å². The highest BCUT2D eigenvalue weighted by Crippen LogP contribution is 2.39. The number of hydrogen-bond donors (Lipinski definition) is 0. The first kappa shape index (κ1) is 26.7. The van der Waals surface area contributed by atoms with Crippen LogP contribution in [0, 0.1) is 30.9 Å². The summed E-state index contributed by atoms with van der Waals surface area (Å²) in [5, 5.41) is 20.3. The van der Waals surface area contributed by atoms with Crippen molar-refractivity contribution in [3.63, 3.8) is 0 Å². The number of rotatable bonds is 10. The normalized spacial score (nSPS) is 11.8. The zero-order chi connectivity index (χ0) is 26.5. The Morgan fingerprint density at radius 2 is 1.76 bits per heavy atom. The lowest BCUT2D eigenvalue weighted by atomic mass is 10.1. The highest BCUT2D eigenvalue weighted by atomic mass is 79.9. The number of aromatic nitrogens is 3. The van der Waals surface area contributed by atoms with E-state index < -0.39 is 5.25 Å². The Morgan fingerprint density at radius 1 is 1.00 bits per heavy atom. The predicted octanol–water partition coefficient (Wildman–Crippen LogP) is 6.65. The Labute approximate surface area is 228 Å². The van der Waals surface area contributed by atoms with E-state index in [0.717, 1.165) is 26.9 Å². The van der Waals surface area contributed by atoms with Gasteiger partial charge in [-0.1, -0.05) is 52.0 Å². The van der Waals surface area contributed by atoms with Crippen LogP contribution < -0.4 is 9.47 Å². The van der Waals surface area contributed by atoms with Crippen LogP contribution in [0.15, 0.2) is 70.3 Å². The number of methoxy groups -OCH3 is 1. The van der Waals surface area contributed by atoms with Crippen molar-refractivity contribution in [3.8, 4) is 17.2 Å². The third-order valence-electron chi connectivity index (χ3n) is 5.97. The van der Waals surface area contributed by atoms with Gasteiger partial charge in [0.2, 0.25) is 6.54 Å². The molecule has 4 aromatic rings. The number of nitrogens with zero attached hydrogens (tertiary/aromatic N) is 4. The van der Waals surface area contributed by atoms with Crippen LogP contribution in [-0.2, 0) is 6.61 Å². The third kappa shape index (κ3) is 6.50. The Kier molecular flexibility index (Phi) is 8.50. The van der Waals surface area contributed by atoms with E-state index in [1.165, 1.54) is 17.3 Å². The largest absolute Gasteiger partial charge is 0.493 e. The smallest absolute Gasteiger partial charge is 0.220 e. The summed E-state index contributed by atoms with van der Waals surface area (Å²) in [7, 11) is 1.56. The van der Waals surface area contributed by atoms with E-state index in [-0.39, 0.29) is 11.5 Å². The summed E-state index contributed by atoms with van der Waals surface area (Å²) in [5.74, 6) is 1.78. The standard InChI is InChI=1S/C27H27BrN4O4S/c1-17-5-11-23(13-18(17)2)32-19(3)29-30-27(32)37-26(15-31(33)34)21-8-12-24(25(14-21)35-4)36-16-20-6-9-22(28)10-7-20/h5-14,26H,15-16H2,1-4H3/t26-/m0/s1. The first-order valence-electron chi connectivity index (χ1n) is 11.6. The quantitative estimate of drug-likeness (QED) is 0.117. The molecule has 1 atom stereocenters. The molecule has 0 spiro atoms. The molecule has 37 heavy (non-hydrogen) atoms. The Balaban J connectivity index is 1.61. The Hall–Kier alpha value is -3.37. The van der Waals surface area contributed by atoms with E-state index in [1.807, 2.05) is 60.9 Å². The fourth-order valence-corrected chi connectivity index (χ4v) is 5.23. The van der Waals surface area contributed by atoms with Gasteiger partial charge in [-0.25, -0.2) is 0 Å². The van der Waals surface area contributed by atoms with Crippen molar-refractivity contribution in [2.75, 3.05) is 13.7 Å². The van der Waals surface area contributed by atoms with Crippen LogP contribution in [0.5, 0.6) is 11.5 Å². The SMILES string of the molecule is COc1cc([C@H](C[N+](=O)[O-])Sc2nnc(C)n2-c2ccc(C)c(C)c2)ccc1OCc1ccc(Br)cc1.